The van der Waals surface area contributed by atoms with Crippen LogP contribution in [0.25, 0.3) is 0 Å². The molecule has 2 aromatic rings. The SMILES string of the molecule is CC(O)c1cc([N+](=O)[O-])c(N(C)Cc2ccccc2Cl)s1. The summed E-state index contributed by atoms with van der Waals surface area (Å²) < 4.78 is 0. The average molecular weight is 327 g/mol. The summed E-state index contributed by atoms with van der Waals surface area (Å²) in [6.07, 6.45) is -0.726. The van der Waals surface area contributed by atoms with Gasteiger partial charge in [0.2, 0.25) is 0 Å². The lowest BCUT2D eigenvalue weighted by molar-refractivity contribution is -0.383. The number of aliphatic hydroxyl groups is 1. The summed E-state index contributed by atoms with van der Waals surface area (Å²) in [7, 11) is 1.77. The van der Waals surface area contributed by atoms with Gasteiger partial charge in [0.15, 0.2) is 5.00 Å². The zero-order valence-electron chi connectivity index (χ0n) is 11.6. The molecule has 1 aromatic heterocycles. The maximum atomic E-state index is 11.2. The first-order chi connectivity index (χ1) is 9.90. The van der Waals surface area contributed by atoms with Gasteiger partial charge >= 0.3 is 5.69 Å². The van der Waals surface area contributed by atoms with Crippen molar-refractivity contribution in [2.75, 3.05) is 11.9 Å². The minimum absolute atomic E-state index is 0.00505. The Kier molecular flexibility index (Phi) is 4.82. The monoisotopic (exact) mass is 326 g/mol. The van der Waals surface area contributed by atoms with Crippen LogP contribution >= 0.6 is 22.9 Å². The first-order valence-corrected chi connectivity index (χ1v) is 7.50. The number of rotatable bonds is 5. The summed E-state index contributed by atoms with van der Waals surface area (Å²) in [6.45, 7) is 2.05. The lowest BCUT2D eigenvalue weighted by Gasteiger charge is -2.17. The van der Waals surface area contributed by atoms with Gasteiger partial charge in [-0.1, -0.05) is 29.8 Å². The second-order valence-corrected chi connectivity index (χ2v) is 6.19. The van der Waals surface area contributed by atoms with E-state index in [1.807, 2.05) is 18.2 Å². The Balaban J connectivity index is 2.32. The summed E-state index contributed by atoms with van der Waals surface area (Å²) in [6, 6.07) is 8.81. The second kappa shape index (κ2) is 6.43. The summed E-state index contributed by atoms with van der Waals surface area (Å²) in [5.74, 6) is 0. The molecule has 5 nitrogen and oxygen atoms in total. The number of benzene rings is 1. The third kappa shape index (κ3) is 3.53. The molecular weight excluding hydrogens is 312 g/mol. The van der Waals surface area contributed by atoms with Crippen LogP contribution in [-0.2, 0) is 6.54 Å². The lowest BCUT2D eigenvalue weighted by atomic mass is 10.2. The zero-order chi connectivity index (χ0) is 15.6. The number of aliphatic hydroxyl groups excluding tert-OH is 1. The third-order valence-corrected chi connectivity index (χ3v) is 4.81. The van der Waals surface area contributed by atoms with E-state index in [-0.39, 0.29) is 5.69 Å². The summed E-state index contributed by atoms with van der Waals surface area (Å²) >= 11 is 7.34. The predicted octanol–water partition coefficient (Wildman–Crippen LogP) is 4.00. The van der Waals surface area contributed by atoms with E-state index in [0.717, 1.165) is 5.56 Å². The Labute approximate surface area is 131 Å². The number of nitro groups is 1. The molecule has 2 rings (SSSR count). The lowest BCUT2D eigenvalue weighted by Crippen LogP contribution is -2.16. The molecule has 0 aliphatic heterocycles. The molecule has 0 amide bonds. The molecule has 0 saturated heterocycles. The van der Waals surface area contributed by atoms with Crippen molar-refractivity contribution in [3.8, 4) is 0 Å². The van der Waals surface area contributed by atoms with Crippen LogP contribution in [-0.4, -0.2) is 17.1 Å². The van der Waals surface area contributed by atoms with Crippen LogP contribution in [0.15, 0.2) is 30.3 Å². The molecule has 1 unspecified atom stereocenters. The van der Waals surface area contributed by atoms with Crippen molar-refractivity contribution in [1.29, 1.82) is 0 Å². The molecule has 0 radical (unpaired) electrons. The van der Waals surface area contributed by atoms with Gasteiger partial charge in [-0.25, -0.2) is 0 Å². The first-order valence-electron chi connectivity index (χ1n) is 6.31. The highest BCUT2D eigenvalue weighted by atomic mass is 35.5. The van der Waals surface area contributed by atoms with Gasteiger partial charge in [-0.05, 0) is 18.6 Å². The van der Waals surface area contributed by atoms with Crippen LogP contribution in [0.2, 0.25) is 5.02 Å². The first kappa shape index (κ1) is 15.8. The Hall–Kier alpha value is -1.63. The fourth-order valence-corrected chi connectivity index (χ4v) is 3.17. The van der Waals surface area contributed by atoms with E-state index in [2.05, 4.69) is 0 Å². The van der Waals surface area contributed by atoms with Crippen molar-refractivity contribution in [1.82, 2.24) is 0 Å². The fourth-order valence-electron chi connectivity index (χ4n) is 1.95. The van der Waals surface area contributed by atoms with Gasteiger partial charge in [0.25, 0.3) is 0 Å². The van der Waals surface area contributed by atoms with Crippen molar-refractivity contribution >= 4 is 33.6 Å². The molecule has 0 saturated carbocycles. The van der Waals surface area contributed by atoms with Gasteiger partial charge in [-0.3, -0.25) is 10.1 Å². The van der Waals surface area contributed by atoms with Crippen LogP contribution in [0.4, 0.5) is 10.7 Å². The van der Waals surface area contributed by atoms with Crippen molar-refractivity contribution in [2.45, 2.75) is 19.6 Å². The molecule has 0 aliphatic carbocycles. The van der Waals surface area contributed by atoms with Gasteiger partial charge in [0, 0.05) is 29.6 Å². The molecule has 7 heteroatoms. The number of nitrogens with zero attached hydrogens (tertiary/aromatic N) is 2. The van der Waals surface area contributed by atoms with Crippen molar-refractivity contribution in [2.24, 2.45) is 0 Å². The standard InChI is InChI=1S/C14H15ClN2O3S/c1-9(18)13-7-12(17(19)20)14(21-13)16(2)8-10-5-3-4-6-11(10)15/h3-7,9,18H,8H2,1-2H3. The molecule has 1 atom stereocenters. The summed E-state index contributed by atoms with van der Waals surface area (Å²) in [5.41, 5.74) is 0.897. The molecule has 0 aliphatic rings. The van der Waals surface area contributed by atoms with Gasteiger partial charge in [-0.2, -0.15) is 0 Å². The molecule has 1 aromatic carbocycles. The molecule has 1 N–H and O–H groups in total. The van der Waals surface area contributed by atoms with Crippen LogP contribution in [0, 0.1) is 10.1 Å². The molecular formula is C14H15ClN2O3S. The Morgan fingerprint density at radius 2 is 2.14 bits per heavy atom. The fraction of sp³-hybridized carbons (Fsp3) is 0.286. The predicted molar refractivity (Wildman–Crippen MR) is 85.2 cm³/mol. The smallest absolute Gasteiger partial charge is 0.304 e. The second-order valence-electron chi connectivity index (χ2n) is 4.72. The minimum atomic E-state index is -0.726. The number of hydrogen-bond acceptors (Lipinski definition) is 5. The van der Waals surface area contributed by atoms with Crippen molar-refractivity contribution in [3.63, 3.8) is 0 Å². The largest absolute Gasteiger partial charge is 0.388 e. The zero-order valence-corrected chi connectivity index (χ0v) is 13.2. The van der Waals surface area contributed by atoms with Crippen LogP contribution < -0.4 is 4.90 Å². The van der Waals surface area contributed by atoms with E-state index in [1.165, 1.54) is 17.4 Å². The molecule has 1 heterocycles. The summed E-state index contributed by atoms with van der Waals surface area (Å²) in [5, 5.41) is 21.9. The van der Waals surface area contributed by atoms with Crippen LogP contribution in [0.1, 0.15) is 23.5 Å². The maximum absolute atomic E-state index is 11.2. The maximum Gasteiger partial charge on any atom is 0.304 e. The third-order valence-electron chi connectivity index (χ3n) is 3.03. The number of hydrogen-bond donors (Lipinski definition) is 1. The van der Waals surface area contributed by atoms with Gasteiger partial charge in [0.05, 0.1) is 11.0 Å². The Morgan fingerprint density at radius 3 is 2.71 bits per heavy atom. The highest BCUT2D eigenvalue weighted by Crippen LogP contribution is 2.40. The van der Waals surface area contributed by atoms with E-state index >= 15 is 0 Å². The molecule has 0 spiro atoms. The number of thiophene rings is 1. The molecule has 0 fully saturated rings. The van der Waals surface area contributed by atoms with Gasteiger partial charge in [-0.15, -0.1) is 11.3 Å². The highest BCUT2D eigenvalue weighted by Gasteiger charge is 2.24. The van der Waals surface area contributed by atoms with E-state index in [9.17, 15) is 15.2 Å². The van der Waals surface area contributed by atoms with Crippen molar-refractivity contribution in [3.05, 3.63) is 55.9 Å². The average Bonchev–Trinajstić information content (AvgIpc) is 2.87. The van der Waals surface area contributed by atoms with E-state index in [0.29, 0.717) is 21.4 Å². The molecule has 21 heavy (non-hydrogen) atoms. The van der Waals surface area contributed by atoms with Gasteiger partial charge < -0.3 is 10.0 Å². The topological polar surface area (TPSA) is 66.6 Å². The van der Waals surface area contributed by atoms with Crippen LogP contribution in [0.3, 0.4) is 0 Å². The van der Waals surface area contributed by atoms with Crippen molar-refractivity contribution < 1.29 is 10.0 Å². The Morgan fingerprint density at radius 1 is 1.48 bits per heavy atom. The summed E-state index contributed by atoms with van der Waals surface area (Å²) in [4.78, 5) is 13.1. The van der Waals surface area contributed by atoms with E-state index < -0.39 is 11.0 Å². The Bertz CT molecular complexity index is 657. The molecule has 112 valence electrons. The molecule has 0 bridgehead atoms. The van der Waals surface area contributed by atoms with Gasteiger partial charge in [0.1, 0.15) is 0 Å². The van der Waals surface area contributed by atoms with E-state index in [4.69, 9.17) is 11.6 Å². The minimum Gasteiger partial charge on any atom is -0.388 e. The van der Waals surface area contributed by atoms with E-state index in [1.54, 1.807) is 24.9 Å². The van der Waals surface area contributed by atoms with Crippen LogP contribution in [0.5, 0.6) is 0 Å². The quantitative estimate of drug-likeness (QED) is 0.666. The number of anilines is 1. The number of halogens is 1. The highest BCUT2D eigenvalue weighted by molar-refractivity contribution is 7.16. The normalized spacial score (nSPS) is 12.2.